The molecule has 6 nitrogen and oxygen atoms in total. The van der Waals surface area contributed by atoms with Crippen LogP contribution in [0.3, 0.4) is 0 Å². The van der Waals surface area contributed by atoms with Gasteiger partial charge in [-0.2, -0.15) is 0 Å². The van der Waals surface area contributed by atoms with Crippen LogP contribution in [0.15, 0.2) is 36.4 Å². The Balaban J connectivity index is 2.15. The van der Waals surface area contributed by atoms with Gasteiger partial charge in [0.05, 0.1) is 40.0 Å². The fraction of sp³-hybridized carbons (Fsp3) is 0.458. The molecule has 3 rings (SSSR count). The van der Waals surface area contributed by atoms with Gasteiger partial charge in [0.25, 0.3) is 0 Å². The number of aliphatic hydroxyl groups is 1. The smallest absolute Gasteiger partial charge is 0.160 e. The molecule has 1 saturated carbocycles. The first kappa shape index (κ1) is 22.0. The second-order valence-corrected chi connectivity index (χ2v) is 8.01. The molecule has 0 aliphatic heterocycles. The van der Waals surface area contributed by atoms with E-state index < -0.39 is 11.5 Å². The standard InChI is InChI=1S/C24H30O6/c1-14(25)23-22(16-8-10-19(28-4)21(12-16)30-6)17(13-24(23,2)26)15-7-9-18(27-3)20(11-15)29-5/h7-12,17,22-23,26H,13H2,1-6H3/t17-,22-,23+,24-/m0/s1. The van der Waals surface area contributed by atoms with Crippen LogP contribution in [0.5, 0.6) is 23.0 Å². The van der Waals surface area contributed by atoms with Crippen molar-refractivity contribution in [3.8, 4) is 23.0 Å². The lowest BCUT2D eigenvalue weighted by molar-refractivity contribution is -0.127. The molecule has 0 bridgehead atoms. The van der Waals surface area contributed by atoms with Crippen LogP contribution in [0.25, 0.3) is 0 Å². The lowest BCUT2D eigenvalue weighted by Crippen LogP contribution is -2.36. The van der Waals surface area contributed by atoms with Crippen LogP contribution in [-0.2, 0) is 4.79 Å². The molecule has 1 fully saturated rings. The molecule has 162 valence electrons. The highest BCUT2D eigenvalue weighted by atomic mass is 16.5. The first-order valence-corrected chi connectivity index (χ1v) is 9.94. The SMILES string of the molecule is COc1ccc([C@@H]2[C@@H](C(C)=O)[C@@](C)(O)C[C@H]2c2ccc(OC)c(OC)c2)cc1OC. The van der Waals surface area contributed by atoms with Crippen LogP contribution >= 0.6 is 0 Å². The zero-order chi connectivity index (χ0) is 22.1. The second kappa shape index (κ2) is 8.56. The maximum atomic E-state index is 12.7. The van der Waals surface area contributed by atoms with E-state index in [9.17, 15) is 9.90 Å². The Morgan fingerprint density at radius 3 is 1.80 bits per heavy atom. The van der Waals surface area contributed by atoms with Gasteiger partial charge in [-0.1, -0.05) is 12.1 Å². The third-order valence-corrected chi connectivity index (χ3v) is 6.16. The van der Waals surface area contributed by atoms with E-state index in [1.165, 1.54) is 0 Å². The highest BCUT2D eigenvalue weighted by Crippen LogP contribution is 2.56. The number of hydrogen-bond acceptors (Lipinski definition) is 6. The van der Waals surface area contributed by atoms with Crippen LogP contribution in [-0.4, -0.2) is 44.9 Å². The van der Waals surface area contributed by atoms with Crippen molar-refractivity contribution >= 4 is 5.78 Å². The summed E-state index contributed by atoms with van der Waals surface area (Å²) < 4.78 is 21.7. The molecule has 0 heterocycles. The monoisotopic (exact) mass is 414 g/mol. The van der Waals surface area contributed by atoms with Crippen molar-refractivity contribution < 1.29 is 28.8 Å². The lowest BCUT2D eigenvalue weighted by atomic mass is 9.77. The largest absolute Gasteiger partial charge is 0.493 e. The summed E-state index contributed by atoms with van der Waals surface area (Å²) in [5, 5.41) is 11.2. The van der Waals surface area contributed by atoms with E-state index in [2.05, 4.69) is 0 Å². The lowest BCUT2D eigenvalue weighted by Gasteiger charge is -2.28. The van der Waals surface area contributed by atoms with Gasteiger partial charge in [0.2, 0.25) is 0 Å². The minimum Gasteiger partial charge on any atom is -0.493 e. The number of benzene rings is 2. The number of ether oxygens (including phenoxy) is 4. The number of hydrogen-bond donors (Lipinski definition) is 1. The second-order valence-electron chi connectivity index (χ2n) is 8.01. The molecule has 30 heavy (non-hydrogen) atoms. The zero-order valence-corrected chi connectivity index (χ0v) is 18.4. The predicted octanol–water partition coefficient (Wildman–Crippen LogP) is 3.95. The number of ketones is 1. The average molecular weight is 414 g/mol. The van der Waals surface area contributed by atoms with E-state index >= 15 is 0 Å². The highest BCUT2D eigenvalue weighted by Gasteiger charge is 2.53. The molecule has 0 amide bonds. The average Bonchev–Trinajstić information content (AvgIpc) is 3.03. The van der Waals surface area contributed by atoms with Crippen molar-refractivity contribution in [3.63, 3.8) is 0 Å². The Labute approximate surface area is 177 Å². The zero-order valence-electron chi connectivity index (χ0n) is 18.4. The van der Waals surface area contributed by atoms with Gasteiger partial charge in [0.15, 0.2) is 23.0 Å². The van der Waals surface area contributed by atoms with Crippen molar-refractivity contribution in [1.29, 1.82) is 0 Å². The fourth-order valence-corrected chi connectivity index (χ4v) is 4.90. The molecular formula is C24H30O6. The molecule has 1 aliphatic carbocycles. The quantitative estimate of drug-likeness (QED) is 0.740. The van der Waals surface area contributed by atoms with Crippen molar-refractivity contribution in [2.45, 2.75) is 37.7 Å². The maximum absolute atomic E-state index is 12.7. The molecule has 4 atom stereocenters. The van der Waals surface area contributed by atoms with Crippen molar-refractivity contribution in [3.05, 3.63) is 47.5 Å². The van der Waals surface area contributed by atoms with Crippen molar-refractivity contribution in [2.24, 2.45) is 5.92 Å². The third kappa shape index (κ3) is 3.84. The van der Waals surface area contributed by atoms with E-state index in [1.807, 2.05) is 36.4 Å². The Bertz CT molecular complexity index is 920. The van der Waals surface area contributed by atoms with E-state index in [1.54, 1.807) is 42.3 Å². The normalized spacial score (nSPS) is 25.6. The molecular weight excluding hydrogens is 384 g/mol. The molecule has 0 unspecified atom stereocenters. The molecule has 1 N–H and O–H groups in total. The molecule has 6 heteroatoms. The minimum absolute atomic E-state index is 0.0391. The molecule has 0 radical (unpaired) electrons. The van der Waals surface area contributed by atoms with Gasteiger partial charge in [0.1, 0.15) is 5.78 Å². The van der Waals surface area contributed by atoms with Gasteiger partial charge in [-0.25, -0.2) is 0 Å². The summed E-state index contributed by atoms with van der Waals surface area (Å²) in [5.41, 5.74) is 0.767. The molecule has 1 aliphatic rings. The highest BCUT2D eigenvalue weighted by molar-refractivity contribution is 5.81. The summed E-state index contributed by atoms with van der Waals surface area (Å²) in [6.45, 7) is 3.29. The van der Waals surface area contributed by atoms with Crippen LogP contribution in [0.1, 0.15) is 43.2 Å². The van der Waals surface area contributed by atoms with Crippen molar-refractivity contribution in [1.82, 2.24) is 0 Å². The Hall–Kier alpha value is -2.73. The summed E-state index contributed by atoms with van der Waals surface area (Å²) in [5.74, 6) is 1.56. The van der Waals surface area contributed by atoms with E-state index in [-0.39, 0.29) is 17.6 Å². The number of rotatable bonds is 7. The number of carbonyl (C=O) groups excluding carboxylic acids is 1. The first-order chi connectivity index (χ1) is 14.3. The van der Waals surface area contributed by atoms with Gasteiger partial charge in [-0.3, -0.25) is 4.79 Å². The molecule has 0 spiro atoms. The Kier molecular flexibility index (Phi) is 6.27. The van der Waals surface area contributed by atoms with Gasteiger partial charge in [-0.15, -0.1) is 0 Å². The number of methoxy groups -OCH3 is 4. The predicted molar refractivity (Wildman–Crippen MR) is 114 cm³/mol. The maximum Gasteiger partial charge on any atom is 0.160 e. The molecule has 0 saturated heterocycles. The topological polar surface area (TPSA) is 74.2 Å². The summed E-state index contributed by atoms with van der Waals surface area (Å²) in [4.78, 5) is 12.7. The van der Waals surface area contributed by atoms with E-state index in [4.69, 9.17) is 18.9 Å². The summed E-state index contributed by atoms with van der Waals surface area (Å²) in [6.07, 6.45) is 0.450. The van der Waals surface area contributed by atoms with E-state index in [0.29, 0.717) is 29.4 Å². The van der Waals surface area contributed by atoms with Crippen LogP contribution < -0.4 is 18.9 Å². The summed E-state index contributed by atoms with van der Waals surface area (Å²) in [6, 6.07) is 11.4. The van der Waals surface area contributed by atoms with Gasteiger partial charge in [-0.05, 0) is 61.6 Å². The van der Waals surface area contributed by atoms with Crippen LogP contribution in [0, 0.1) is 5.92 Å². The van der Waals surface area contributed by atoms with Crippen LogP contribution in [0.2, 0.25) is 0 Å². The third-order valence-electron chi connectivity index (χ3n) is 6.16. The fourth-order valence-electron chi connectivity index (χ4n) is 4.90. The number of Topliss-reactive ketones (excluding diaryl/α,β-unsaturated/α-hetero) is 1. The Morgan fingerprint density at radius 2 is 1.33 bits per heavy atom. The van der Waals surface area contributed by atoms with Crippen LogP contribution in [0.4, 0.5) is 0 Å². The molecule has 2 aromatic rings. The summed E-state index contributed by atoms with van der Waals surface area (Å²) in [7, 11) is 6.36. The Morgan fingerprint density at radius 1 is 0.867 bits per heavy atom. The van der Waals surface area contributed by atoms with E-state index in [0.717, 1.165) is 11.1 Å². The number of carbonyl (C=O) groups is 1. The molecule has 2 aromatic carbocycles. The van der Waals surface area contributed by atoms with Gasteiger partial charge < -0.3 is 24.1 Å². The van der Waals surface area contributed by atoms with Gasteiger partial charge >= 0.3 is 0 Å². The first-order valence-electron chi connectivity index (χ1n) is 9.94. The molecule has 0 aromatic heterocycles. The van der Waals surface area contributed by atoms with Gasteiger partial charge in [0, 0.05) is 5.92 Å². The van der Waals surface area contributed by atoms with Crippen molar-refractivity contribution in [2.75, 3.05) is 28.4 Å². The minimum atomic E-state index is -1.14. The summed E-state index contributed by atoms with van der Waals surface area (Å²) >= 11 is 0.